The smallest absolute Gasteiger partial charge is 0.322 e. The van der Waals surface area contributed by atoms with Crippen molar-refractivity contribution < 1.29 is 13.9 Å². The van der Waals surface area contributed by atoms with Crippen LogP contribution in [0.2, 0.25) is 10.0 Å². The molecule has 0 spiro atoms. The van der Waals surface area contributed by atoms with Gasteiger partial charge >= 0.3 is 6.03 Å². The summed E-state index contributed by atoms with van der Waals surface area (Å²) in [6.45, 7) is 1.04. The Bertz CT molecular complexity index is 757. The highest BCUT2D eigenvalue weighted by molar-refractivity contribution is 6.42. The quantitative estimate of drug-likeness (QED) is 0.831. The van der Waals surface area contributed by atoms with E-state index in [1.54, 1.807) is 41.3 Å². The molecule has 0 aromatic heterocycles. The van der Waals surface area contributed by atoms with Crippen LogP contribution in [0.3, 0.4) is 0 Å². The molecule has 1 atom stereocenters. The van der Waals surface area contributed by atoms with Gasteiger partial charge in [0.1, 0.15) is 11.9 Å². The zero-order chi connectivity index (χ0) is 17.1. The van der Waals surface area contributed by atoms with Crippen LogP contribution in [-0.2, 0) is 4.74 Å². The first-order chi connectivity index (χ1) is 11.5. The molecule has 0 radical (unpaired) electrons. The van der Waals surface area contributed by atoms with Crippen LogP contribution in [0.4, 0.5) is 14.9 Å². The summed E-state index contributed by atoms with van der Waals surface area (Å²) in [6, 6.07) is 11.0. The van der Waals surface area contributed by atoms with Gasteiger partial charge < -0.3 is 15.0 Å². The second kappa shape index (κ2) is 7.38. The Balaban J connectivity index is 1.69. The number of halogens is 3. The summed E-state index contributed by atoms with van der Waals surface area (Å²) in [4.78, 5) is 14.0. The molecule has 0 bridgehead atoms. The zero-order valence-electron chi connectivity index (χ0n) is 12.6. The molecule has 24 heavy (non-hydrogen) atoms. The molecule has 1 fully saturated rings. The molecule has 1 aliphatic rings. The Morgan fingerprint density at radius 3 is 2.75 bits per heavy atom. The Labute approximate surface area is 149 Å². The Kier molecular flexibility index (Phi) is 5.23. The van der Waals surface area contributed by atoms with E-state index in [1.165, 1.54) is 6.07 Å². The van der Waals surface area contributed by atoms with E-state index < -0.39 is 6.10 Å². The summed E-state index contributed by atoms with van der Waals surface area (Å²) >= 11 is 11.8. The molecule has 2 amide bonds. The number of rotatable bonds is 2. The van der Waals surface area contributed by atoms with Crippen LogP contribution in [-0.4, -0.2) is 30.6 Å². The van der Waals surface area contributed by atoms with Gasteiger partial charge in [-0.3, -0.25) is 0 Å². The predicted octanol–water partition coefficient (Wildman–Crippen LogP) is 4.74. The molecule has 0 aliphatic carbocycles. The highest BCUT2D eigenvalue weighted by Crippen LogP contribution is 2.27. The van der Waals surface area contributed by atoms with Gasteiger partial charge in [0, 0.05) is 17.8 Å². The van der Waals surface area contributed by atoms with Crippen LogP contribution >= 0.6 is 23.2 Å². The standard InChI is InChI=1S/C17H15Cl2FN2O2/c18-13-6-5-11(9-14(13)19)21-17(23)22-7-8-24-16(10-22)12-3-1-2-4-15(12)20/h1-6,9,16H,7-8,10H2,(H,21,23). The van der Waals surface area contributed by atoms with Gasteiger partial charge in [-0.25, -0.2) is 9.18 Å². The molecule has 1 saturated heterocycles. The number of nitrogens with zero attached hydrogens (tertiary/aromatic N) is 1. The topological polar surface area (TPSA) is 41.6 Å². The minimum atomic E-state index is -0.487. The molecule has 0 saturated carbocycles. The van der Waals surface area contributed by atoms with Crippen LogP contribution in [0.25, 0.3) is 0 Å². The molecule has 1 heterocycles. The fourth-order valence-corrected chi connectivity index (χ4v) is 2.83. The summed E-state index contributed by atoms with van der Waals surface area (Å²) in [6.07, 6.45) is -0.487. The van der Waals surface area contributed by atoms with E-state index in [2.05, 4.69) is 5.32 Å². The first-order valence-corrected chi connectivity index (χ1v) is 8.17. The van der Waals surface area contributed by atoms with E-state index in [0.717, 1.165) is 0 Å². The Morgan fingerprint density at radius 1 is 1.21 bits per heavy atom. The number of hydrogen-bond acceptors (Lipinski definition) is 2. The highest BCUT2D eigenvalue weighted by atomic mass is 35.5. The lowest BCUT2D eigenvalue weighted by atomic mass is 10.1. The molecule has 126 valence electrons. The van der Waals surface area contributed by atoms with Gasteiger partial charge in [-0.2, -0.15) is 0 Å². The van der Waals surface area contributed by atoms with Crippen molar-refractivity contribution in [2.75, 3.05) is 25.0 Å². The van der Waals surface area contributed by atoms with Crippen LogP contribution in [0.1, 0.15) is 11.7 Å². The lowest BCUT2D eigenvalue weighted by Gasteiger charge is -2.33. The van der Waals surface area contributed by atoms with Crippen LogP contribution in [0.15, 0.2) is 42.5 Å². The third kappa shape index (κ3) is 3.80. The normalized spacial score (nSPS) is 17.6. The van der Waals surface area contributed by atoms with E-state index in [1.807, 2.05) is 0 Å². The Hall–Kier alpha value is -1.82. The van der Waals surface area contributed by atoms with E-state index in [9.17, 15) is 9.18 Å². The number of anilines is 1. The van der Waals surface area contributed by atoms with Gasteiger partial charge in [-0.05, 0) is 24.3 Å². The predicted molar refractivity (Wildman–Crippen MR) is 92.1 cm³/mol. The molecular weight excluding hydrogens is 354 g/mol. The van der Waals surface area contributed by atoms with Gasteiger partial charge in [0.2, 0.25) is 0 Å². The first-order valence-electron chi connectivity index (χ1n) is 7.41. The van der Waals surface area contributed by atoms with Crippen LogP contribution < -0.4 is 5.32 Å². The van der Waals surface area contributed by atoms with Crippen molar-refractivity contribution >= 4 is 34.9 Å². The third-order valence-electron chi connectivity index (χ3n) is 3.78. The molecule has 7 heteroatoms. The average Bonchev–Trinajstić information content (AvgIpc) is 2.59. The van der Waals surface area contributed by atoms with Gasteiger partial charge in [0.05, 0.1) is 23.2 Å². The summed E-state index contributed by atoms with van der Waals surface area (Å²) < 4.78 is 19.5. The number of carbonyl (C=O) groups excluding carboxylic acids is 1. The van der Waals surface area contributed by atoms with Gasteiger partial charge in [-0.1, -0.05) is 41.4 Å². The maximum atomic E-state index is 13.9. The van der Waals surface area contributed by atoms with Crippen LogP contribution in [0, 0.1) is 5.82 Å². The molecule has 1 aliphatic heterocycles. The summed E-state index contributed by atoms with van der Waals surface area (Å²) in [5.74, 6) is -0.339. The monoisotopic (exact) mass is 368 g/mol. The Morgan fingerprint density at radius 2 is 2.00 bits per heavy atom. The average molecular weight is 369 g/mol. The van der Waals surface area contributed by atoms with Crippen molar-refractivity contribution in [2.24, 2.45) is 0 Å². The molecule has 1 unspecified atom stereocenters. The van der Waals surface area contributed by atoms with Crippen molar-refractivity contribution in [1.82, 2.24) is 4.90 Å². The van der Waals surface area contributed by atoms with Gasteiger partial charge in [0.15, 0.2) is 0 Å². The summed E-state index contributed by atoms with van der Waals surface area (Å²) in [5.41, 5.74) is 0.993. The highest BCUT2D eigenvalue weighted by Gasteiger charge is 2.27. The van der Waals surface area contributed by atoms with Crippen LogP contribution in [0.5, 0.6) is 0 Å². The van der Waals surface area contributed by atoms with E-state index in [0.29, 0.717) is 34.4 Å². The second-order valence-electron chi connectivity index (χ2n) is 5.39. The second-order valence-corrected chi connectivity index (χ2v) is 6.20. The number of ether oxygens (including phenoxy) is 1. The molecule has 2 aromatic carbocycles. The number of morpholine rings is 1. The molecule has 2 aromatic rings. The lowest BCUT2D eigenvalue weighted by molar-refractivity contribution is -0.0152. The summed E-state index contributed by atoms with van der Waals surface area (Å²) in [5, 5.41) is 3.54. The fourth-order valence-electron chi connectivity index (χ4n) is 2.53. The fraction of sp³-hybridized carbons (Fsp3) is 0.235. The molecular formula is C17H15Cl2FN2O2. The third-order valence-corrected chi connectivity index (χ3v) is 4.52. The van der Waals surface area contributed by atoms with Crippen molar-refractivity contribution in [3.63, 3.8) is 0 Å². The van der Waals surface area contributed by atoms with Gasteiger partial charge in [0.25, 0.3) is 0 Å². The van der Waals surface area contributed by atoms with Crippen molar-refractivity contribution in [3.8, 4) is 0 Å². The number of amides is 2. The largest absolute Gasteiger partial charge is 0.370 e. The first kappa shape index (κ1) is 17.0. The van der Waals surface area contributed by atoms with Crippen molar-refractivity contribution in [3.05, 3.63) is 63.9 Å². The van der Waals surface area contributed by atoms with E-state index in [-0.39, 0.29) is 18.4 Å². The lowest BCUT2D eigenvalue weighted by Crippen LogP contribution is -2.44. The zero-order valence-corrected chi connectivity index (χ0v) is 14.1. The molecule has 1 N–H and O–H groups in total. The number of urea groups is 1. The maximum Gasteiger partial charge on any atom is 0.322 e. The minimum absolute atomic E-state index is 0.272. The SMILES string of the molecule is O=C(Nc1ccc(Cl)c(Cl)c1)N1CCOC(c2ccccc2F)C1. The van der Waals surface area contributed by atoms with Gasteiger partial charge in [-0.15, -0.1) is 0 Å². The summed E-state index contributed by atoms with van der Waals surface area (Å²) in [7, 11) is 0. The van der Waals surface area contributed by atoms with E-state index >= 15 is 0 Å². The van der Waals surface area contributed by atoms with E-state index in [4.69, 9.17) is 27.9 Å². The number of benzene rings is 2. The number of carbonyl (C=O) groups is 1. The number of hydrogen-bond donors (Lipinski definition) is 1. The number of nitrogens with one attached hydrogen (secondary N) is 1. The maximum absolute atomic E-state index is 13.9. The minimum Gasteiger partial charge on any atom is -0.370 e. The molecule has 4 nitrogen and oxygen atoms in total. The van der Waals surface area contributed by atoms with Crippen molar-refractivity contribution in [2.45, 2.75) is 6.10 Å². The molecule has 3 rings (SSSR count). The van der Waals surface area contributed by atoms with Crippen molar-refractivity contribution in [1.29, 1.82) is 0 Å².